The molecule has 1 saturated heterocycles. The minimum atomic E-state index is -3.71. The van der Waals surface area contributed by atoms with Crippen molar-refractivity contribution in [2.75, 3.05) is 20.2 Å². The Hall–Kier alpha value is -2.09. The van der Waals surface area contributed by atoms with E-state index in [4.69, 9.17) is 16.3 Å². The molecule has 168 valence electrons. The Bertz CT molecular complexity index is 1030. The monoisotopic (exact) mass is 464 g/mol. The number of hydrogen-bond acceptors (Lipinski definition) is 4. The van der Waals surface area contributed by atoms with Gasteiger partial charge in [-0.1, -0.05) is 49.7 Å². The molecule has 2 aromatic carbocycles. The average Bonchev–Trinajstić information content (AvgIpc) is 2.77. The van der Waals surface area contributed by atoms with Gasteiger partial charge in [0.1, 0.15) is 10.6 Å². The number of hydrogen-bond donors (Lipinski definition) is 1. The first-order chi connectivity index (χ1) is 14.7. The molecule has 0 radical (unpaired) electrons. The Kier molecular flexibility index (Phi) is 7.62. The molecule has 1 fully saturated rings. The van der Waals surface area contributed by atoms with E-state index in [0.29, 0.717) is 43.2 Å². The highest BCUT2D eigenvalue weighted by molar-refractivity contribution is 7.89. The fraction of sp³-hybridized carbons (Fsp3) is 0.435. The minimum Gasteiger partial charge on any atom is -0.495 e. The van der Waals surface area contributed by atoms with E-state index in [9.17, 15) is 13.2 Å². The fourth-order valence-electron chi connectivity index (χ4n) is 3.72. The van der Waals surface area contributed by atoms with E-state index in [1.54, 1.807) is 18.2 Å². The number of amides is 1. The van der Waals surface area contributed by atoms with Crippen LogP contribution in [0.3, 0.4) is 0 Å². The van der Waals surface area contributed by atoms with Gasteiger partial charge in [0.15, 0.2) is 0 Å². The number of sulfonamides is 1. The summed E-state index contributed by atoms with van der Waals surface area (Å²) in [5.74, 6) is 0.241. The Morgan fingerprint density at radius 2 is 1.87 bits per heavy atom. The molecule has 1 aliphatic rings. The van der Waals surface area contributed by atoms with Crippen molar-refractivity contribution < 1.29 is 17.9 Å². The molecule has 6 nitrogen and oxygen atoms in total. The van der Waals surface area contributed by atoms with Crippen LogP contribution >= 0.6 is 11.6 Å². The van der Waals surface area contributed by atoms with Crippen LogP contribution in [0.1, 0.15) is 43.7 Å². The van der Waals surface area contributed by atoms with E-state index in [1.807, 2.05) is 38.1 Å². The molecule has 1 amide bonds. The number of carbonyl (C=O) groups excluding carboxylic acids is 1. The molecule has 0 aliphatic carbocycles. The van der Waals surface area contributed by atoms with Gasteiger partial charge in [0.2, 0.25) is 15.9 Å². The van der Waals surface area contributed by atoms with Crippen LogP contribution < -0.4 is 10.1 Å². The number of ether oxygens (including phenoxy) is 1. The van der Waals surface area contributed by atoms with Crippen LogP contribution in [0.2, 0.25) is 5.02 Å². The topological polar surface area (TPSA) is 75.7 Å². The van der Waals surface area contributed by atoms with Crippen molar-refractivity contribution in [1.29, 1.82) is 0 Å². The Morgan fingerprint density at radius 1 is 1.19 bits per heavy atom. The maximum atomic E-state index is 13.3. The first-order valence-electron chi connectivity index (χ1n) is 10.4. The molecular weight excluding hydrogens is 436 g/mol. The van der Waals surface area contributed by atoms with Crippen LogP contribution in [0.5, 0.6) is 5.75 Å². The van der Waals surface area contributed by atoms with E-state index in [0.717, 1.165) is 11.1 Å². The van der Waals surface area contributed by atoms with Gasteiger partial charge in [-0.2, -0.15) is 4.31 Å². The molecular formula is C23H29ClN2O4S. The van der Waals surface area contributed by atoms with Crippen molar-refractivity contribution in [3.8, 4) is 5.75 Å². The third-order valence-corrected chi connectivity index (χ3v) is 8.00. The number of piperidine rings is 1. The maximum absolute atomic E-state index is 13.3. The molecule has 0 bridgehead atoms. The van der Waals surface area contributed by atoms with E-state index in [2.05, 4.69) is 5.32 Å². The van der Waals surface area contributed by atoms with Crippen molar-refractivity contribution in [1.82, 2.24) is 9.62 Å². The lowest BCUT2D eigenvalue weighted by atomic mass is 9.97. The lowest BCUT2D eigenvalue weighted by molar-refractivity contribution is -0.126. The second-order valence-corrected chi connectivity index (χ2v) is 10.4. The van der Waals surface area contributed by atoms with Gasteiger partial charge in [-0.05, 0) is 48.1 Å². The normalized spacial score (nSPS) is 15.8. The average molecular weight is 465 g/mol. The predicted molar refractivity (Wildman–Crippen MR) is 122 cm³/mol. The molecule has 0 saturated carbocycles. The van der Waals surface area contributed by atoms with Crippen LogP contribution in [-0.4, -0.2) is 38.8 Å². The summed E-state index contributed by atoms with van der Waals surface area (Å²) in [6.07, 6.45) is 0.944. The summed E-state index contributed by atoms with van der Waals surface area (Å²) in [4.78, 5) is 12.8. The molecule has 1 aliphatic heterocycles. The molecule has 31 heavy (non-hydrogen) atoms. The summed E-state index contributed by atoms with van der Waals surface area (Å²) in [6.45, 7) is 4.98. The van der Waals surface area contributed by atoms with Crippen LogP contribution in [0.25, 0.3) is 0 Å². The third kappa shape index (κ3) is 5.40. The molecule has 1 N–H and O–H groups in total. The van der Waals surface area contributed by atoms with E-state index >= 15 is 0 Å². The number of methoxy groups -OCH3 is 1. The van der Waals surface area contributed by atoms with Crippen LogP contribution in [0.15, 0.2) is 47.4 Å². The first kappa shape index (κ1) is 23.6. The number of benzene rings is 2. The van der Waals surface area contributed by atoms with Crippen LogP contribution in [-0.2, 0) is 21.4 Å². The second kappa shape index (κ2) is 10.0. The van der Waals surface area contributed by atoms with Gasteiger partial charge in [0, 0.05) is 30.6 Å². The highest BCUT2D eigenvalue weighted by Crippen LogP contribution is 2.32. The molecule has 0 unspecified atom stereocenters. The quantitative estimate of drug-likeness (QED) is 0.666. The number of carbonyl (C=O) groups is 1. The fourth-order valence-corrected chi connectivity index (χ4v) is 5.58. The Balaban J connectivity index is 1.65. The molecule has 0 spiro atoms. The predicted octanol–water partition coefficient (Wildman–Crippen LogP) is 4.19. The summed E-state index contributed by atoms with van der Waals surface area (Å²) in [7, 11) is -2.24. The standard InChI is InChI=1S/C23H29ClN2O4S/c1-16(2)18-8-9-21(30-3)22(14-18)31(28,29)26-12-10-17(11-13-26)23(27)25-15-19-6-4-5-7-20(19)24/h4-9,14,16-17H,10-13,15H2,1-3H3,(H,25,27). The summed E-state index contributed by atoms with van der Waals surface area (Å²) in [6, 6.07) is 12.7. The minimum absolute atomic E-state index is 0.0728. The number of rotatable bonds is 7. The van der Waals surface area contributed by atoms with Crippen molar-refractivity contribution in [3.05, 3.63) is 58.6 Å². The van der Waals surface area contributed by atoms with Gasteiger partial charge in [0.25, 0.3) is 0 Å². The third-order valence-electron chi connectivity index (χ3n) is 5.71. The smallest absolute Gasteiger partial charge is 0.246 e. The zero-order chi connectivity index (χ0) is 22.6. The van der Waals surface area contributed by atoms with Crippen molar-refractivity contribution in [2.45, 2.75) is 44.0 Å². The summed E-state index contributed by atoms with van der Waals surface area (Å²) in [5, 5.41) is 3.53. The summed E-state index contributed by atoms with van der Waals surface area (Å²) >= 11 is 6.14. The molecule has 0 atom stereocenters. The molecule has 2 aromatic rings. The summed E-state index contributed by atoms with van der Waals surface area (Å²) in [5.41, 5.74) is 1.79. The maximum Gasteiger partial charge on any atom is 0.246 e. The molecule has 8 heteroatoms. The number of nitrogens with zero attached hydrogens (tertiary/aromatic N) is 1. The highest BCUT2D eigenvalue weighted by Gasteiger charge is 2.34. The zero-order valence-electron chi connectivity index (χ0n) is 18.1. The highest BCUT2D eigenvalue weighted by atomic mass is 35.5. The molecule has 0 aromatic heterocycles. The van der Waals surface area contributed by atoms with Gasteiger partial charge in [-0.25, -0.2) is 8.42 Å². The SMILES string of the molecule is COc1ccc(C(C)C)cc1S(=O)(=O)N1CCC(C(=O)NCc2ccccc2Cl)CC1. The van der Waals surface area contributed by atoms with Gasteiger partial charge < -0.3 is 10.1 Å². The van der Waals surface area contributed by atoms with E-state index in [-0.39, 0.29) is 22.6 Å². The Morgan fingerprint density at radius 3 is 2.48 bits per heavy atom. The number of halogens is 1. The zero-order valence-corrected chi connectivity index (χ0v) is 19.7. The largest absolute Gasteiger partial charge is 0.495 e. The van der Waals surface area contributed by atoms with E-state index in [1.165, 1.54) is 11.4 Å². The molecule has 1 heterocycles. The van der Waals surface area contributed by atoms with Crippen molar-refractivity contribution in [2.24, 2.45) is 5.92 Å². The lowest BCUT2D eigenvalue weighted by Gasteiger charge is -2.31. The van der Waals surface area contributed by atoms with Crippen molar-refractivity contribution in [3.63, 3.8) is 0 Å². The van der Waals surface area contributed by atoms with Gasteiger partial charge in [0.05, 0.1) is 7.11 Å². The first-order valence-corrected chi connectivity index (χ1v) is 12.2. The lowest BCUT2D eigenvalue weighted by Crippen LogP contribution is -2.43. The van der Waals surface area contributed by atoms with Gasteiger partial charge in [-0.3, -0.25) is 4.79 Å². The van der Waals surface area contributed by atoms with Crippen LogP contribution in [0.4, 0.5) is 0 Å². The molecule has 3 rings (SSSR count). The Labute approximate surface area is 189 Å². The van der Waals surface area contributed by atoms with Crippen LogP contribution in [0, 0.1) is 5.92 Å². The van der Waals surface area contributed by atoms with E-state index < -0.39 is 10.0 Å². The second-order valence-electron chi connectivity index (χ2n) is 8.05. The van der Waals surface area contributed by atoms with Gasteiger partial charge >= 0.3 is 0 Å². The van der Waals surface area contributed by atoms with Gasteiger partial charge in [-0.15, -0.1) is 0 Å². The van der Waals surface area contributed by atoms with Crippen molar-refractivity contribution >= 4 is 27.5 Å². The summed E-state index contributed by atoms with van der Waals surface area (Å²) < 4.78 is 33.4. The number of nitrogens with one attached hydrogen (secondary N) is 1.